The Kier molecular flexibility index (Phi) is 2.47. The molecule has 0 aliphatic heterocycles. The van der Waals surface area contributed by atoms with Crippen molar-refractivity contribution in [2.24, 2.45) is 5.92 Å². The Bertz CT molecular complexity index is 550. The van der Waals surface area contributed by atoms with E-state index in [4.69, 9.17) is 5.11 Å². The van der Waals surface area contributed by atoms with Gasteiger partial charge in [-0.15, -0.1) is 0 Å². The summed E-state index contributed by atoms with van der Waals surface area (Å²) in [5.74, 6) is -0.600. The Balaban J connectivity index is 1.67. The second kappa shape index (κ2) is 4.14. The topological polar surface area (TPSA) is 90.9 Å². The van der Waals surface area contributed by atoms with Gasteiger partial charge in [0.05, 0.1) is 5.92 Å². The van der Waals surface area contributed by atoms with E-state index in [2.05, 4.69) is 20.3 Å². The summed E-state index contributed by atoms with van der Waals surface area (Å²) in [6.45, 7) is 0. The molecule has 0 radical (unpaired) electrons. The van der Waals surface area contributed by atoms with Crippen LogP contribution in [0.5, 0.6) is 0 Å². The Labute approximate surface area is 103 Å². The number of rotatable bonds is 4. The third-order valence-corrected chi connectivity index (χ3v) is 3.01. The zero-order valence-electron chi connectivity index (χ0n) is 9.50. The van der Waals surface area contributed by atoms with Crippen LogP contribution >= 0.6 is 0 Å². The molecule has 0 spiro atoms. The summed E-state index contributed by atoms with van der Waals surface area (Å²) in [4.78, 5) is 22.0. The van der Waals surface area contributed by atoms with E-state index in [1.165, 1.54) is 0 Å². The summed E-state index contributed by atoms with van der Waals surface area (Å²) in [5.41, 5.74) is 1.95. The molecule has 3 rings (SSSR count). The molecule has 2 atom stereocenters. The molecule has 2 unspecified atom stereocenters. The number of aliphatic carboxylic acids is 1. The second-order valence-electron chi connectivity index (χ2n) is 4.33. The van der Waals surface area contributed by atoms with Crippen molar-refractivity contribution in [2.75, 3.05) is 5.32 Å². The van der Waals surface area contributed by atoms with E-state index in [1.807, 2.05) is 18.5 Å². The highest BCUT2D eigenvalue weighted by Gasteiger charge is 2.43. The van der Waals surface area contributed by atoms with Crippen molar-refractivity contribution < 1.29 is 9.90 Å². The normalized spacial score (nSPS) is 21.6. The summed E-state index contributed by atoms with van der Waals surface area (Å²) in [6, 6.07) is 1.90. The van der Waals surface area contributed by atoms with Gasteiger partial charge in [-0.1, -0.05) is 0 Å². The quantitative estimate of drug-likeness (QED) is 0.755. The van der Waals surface area contributed by atoms with Crippen molar-refractivity contribution in [3.63, 3.8) is 0 Å². The highest BCUT2D eigenvalue weighted by molar-refractivity contribution is 5.75. The number of aromatic amines is 1. The van der Waals surface area contributed by atoms with Crippen LogP contribution in [0, 0.1) is 5.92 Å². The van der Waals surface area contributed by atoms with Gasteiger partial charge < -0.3 is 15.4 Å². The first-order chi connectivity index (χ1) is 8.74. The lowest BCUT2D eigenvalue weighted by molar-refractivity contribution is -0.138. The SMILES string of the molecule is O=C(O)C1CC1Nc1ncc(-c2cc[nH]c2)cn1. The zero-order chi connectivity index (χ0) is 12.5. The Morgan fingerprint density at radius 1 is 1.39 bits per heavy atom. The lowest BCUT2D eigenvalue weighted by atomic mass is 10.2. The highest BCUT2D eigenvalue weighted by Crippen LogP contribution is 2.32. The van der Waals surface area contributed by atoms with E-state index in [0.717, 1.165) is 11.1 Å². The van der Waals surface area contributed by atoms with Crippen LogP contribution in [0.1, 0.15) is 6.42 Å². The van der Waals surface area contributed by atoms with Crippen molar-refractivity contribution >= 4 is 11.9 Å². The molecule has 6 heteroatoms. The molecule has 2 aromatic heterocycles. The van der Waals surface area contributed by atoms with Crippen LogP contribution in [-0.2, 0) is 4.79 Å². The van der Waals surface area contributed by atoms with Gasteiger partial charge in [-0.05, 0) is 12.5 Å². The average Bonchev–Trinajstić information content (AvgIpc) is 2.92. The Hall–Kier alpha value is -2.37. The molecule has 2 heterocycles. The molecule has 1 fully saturated rings. The molecule has 0 saturated heterocycles. The van der Waals surface area contributed by atoms with Gasteiger partial charge in [-0.2, -0.15) is 0 Å². The maximum absolute atomic E-state index is 10.7. The van der Waals surface area contributed by atoms with Gasteiger partial charge in [0.1, 0.15) is 0 Å². The van der Waals surface area contributed by atoms with Crippen LogP contribution < -0.4 is 5.32 Å². The first-order valence-electron chi connectivity index (χ1n) is 5.68. The molecule has 1 aliphatic carbocycles. The fraction of sp³-hybridized carbons (Fsp3) is 0.250. The molecule has 2 aromatic rings. The highest BCUT2D eigenvalue weighted by atomic mass is 16.4. The minimum atomic E-state index is -0.767. The maximum atomic E-state index is 10.7. The molecular formula is C12H12N4O2. The van der Waals surface area contributed by atoms with Crippen LogP contribution in [0.15, 0.2) is 30.9 Å². The monoisotopic (exact) mass is 244 g/mol. The lowest BCUT2D eigenvalue weighted by Gasteiger charge is -2.03. The third kappa shape index (κ3) is 2.04. The van der Waals surface area contributed by atoms with Crippen molar-refractivity contribution in [1.29, 1.82) is 0 Å². The summed E-state index contributed by atoms with van der Waals surface area (Å²) >= 11 is 0. The summed E-state index contributed by atoms with van der Waals surface area (Å²) in [5, 5.41) is 11.8. The number of nitrogens with zero attached hydrogens (tertiary/aromatic N) is 2. The third-order valence-electron chi connectivity index (χ3n) is 3.01. The predicted octanol–water partition coefficient (Wildman–Crippen LogP) is 1.36. The van der Waals surface area contributed by atoms with E-state index in [1.54, 1.807) is 12.4 Å². The van der Waals surface area contributed by atoms with Crippen LogP contribution in [0.4, 0.5) is 5.95 Å². The van der Waals surface area contributed by atoms with Gasteiger partial charge in [-0.3, -0.25) is 4.79 Å². The Morgan fingerprint density at radius 3 is 2.72 bits per heavy atom. The number of anilines is 1. The number of carboxylic acids is 1. The number of hydrogen-bond acceptors (Lipinski definition) is 4. The van der Waals surface area contributed by atoms with Gasteiger partial charge in [0.2, 0.25) is 5.95 Å². The molecule has 3 N–H and O–H groups in total. The second-order valence-corrected chi connectivity index (χ2v) is 4.33. The van der Waals surface area contributed by atoms with Crippen molar-refractivity contribution in [1.82, 2.24) is 15.0 Å². The molecule has 1 saturated carbocycles. The molecule has 0 amide bonds. The van der Waals surface area contributed by atoms with E-state index in [9.17, 15) is 4.79 Å². The lowest BCUT2D eigenvalue weighted by Crippen LogP contribution is -2.12. The number of aromatic nitrogens is 3. The van der Waals surface area contributed by atoms with Crippen LogP contribution in [-0.4, -0.2) is 32.1 Å². The van der Waals surface area contributed by atoms with E-state index in [-0.39, 0.29) is 12.0 Å². The predicted molar refractivity (Wildman–Crippen MR) is 65.0 cm³/mol. The van der Waals surface area contributed by atoms with Gasteiger partial charge in [0.15, 0.2) is 0 Å². The largest absolute Gasteiger partial charge is 0.481 e. The zero-order valence-corrected chi connectivity index (χ0v) is 9.50. The summed E-state index contributed by atoms with van der Waals surface area (Å²) in [6.07, 6.45) is 7.78. The maximum Gasteiger partial charge on any atom is 0.308 e. The van der Waals surface area contributed by atoms with Crippen LogP contribution in [0.2, 0.25) is 0 Å². The van der Waals surface area contributed by atoms with Crippen LogP contribution in [0.3, 0.4) is 0 Å². The number of carboxylic acid groups (broad SMARTS) is 1. The fourth-order valence-electron chi connectivity index (χ4n) is 1.85. The Morgan fingerprint density at radius 2 is 2.17 bits per heavy atom. The molecule has 6 nitrogen and oxygen atoms in total. The van der Waals surface area contributed by atoms with Crippen molar-refractivity contribution in [2.45, 2.75) is 12.5 Å². The smallest absolute Gasteiger partial charge is 0.308 e. The molecule has 18 heavy (non-hydrogen) atoms. The first-order valence-corrected chi connectivity index (χ1v) is 5.68. The molecule has 92 valence electrons. The van der Waals surface area contributed by atoms with E-state index >= 15 is 0 Å². The van der Waals surface area contributed by atoms with E-state index < -0.39 is 5.97 Å². The van der Waals surface area contributed by atoms with Crippen molar-refractivity contribution in [3.05, 3.63) is 30.9 Å². The van der Waals surface area contributed by atoms with E-state index in [0.29, 0.717) is 12.4 Å². The van der Waals surface area contributed by atoms with Gasteiger partial charge in [0.25, 0.3) is 0 Å². The summed E-state index contributed by atoms with van der Waals surface area (Å²) in [7, 11) is 0. The van der Waals surface area contributed by atoms with Crippen molar-refractivity contribution in [3.8, 4) is 11.1 Å². The molecule has 1 aliphatic rings. The first kappa shape index (κ1) is 10.8. The number of carbonyl (C=O) groups is 1. The standard InChI is InChI=1S/C12H12N4O2/c17-11(18)9-3-10(9)16-12-14-5-8(6-15-12)7-1-2-13-4-7/h1-2,4-6,9-10,13H,3H2,(H,17,18)(H,14,15,16). The molecule has 0 aromatic carbocycles. The number of H-pyrrole nitrogens is 1. The minimum absolute atomic E-state index is 0.0411. The summed E-state index contributed by atoms with van der Waals surface area (Å²) < 4.78 is 0. The average molecular weight is 244 g/mol. The van der Waals surface area contributed by atoms with Gasteiger partial charge in [0, 0.05) is 42.0 Å². The minimum Gasteiger partial charge on any atom is -0.481 e. The molecule has 0 bridgehead atoms. The number of nitrogens with one attached hydrogen (secondary N) is 2. The van der Waals surface area contributed by atoms with Gasteiger partial charge >= 0.3 is 5.97 Å². The van der Waals surface area contributed by atoms with Crippen LogP contribution in [0.25, 0.3) is 11.1 Å². The molecular weight excluding hydrogens is 232 g/mol. The van der Waals surface area contributed by atoms with Gasteiger partial charge in [-0.25, -0.2) is 9.97 Å². The number of hydrogen-bond donors (Lipinski definition) is 3. The fourth-order valence-corrected chi connectivity index (χ4v) is 1.85.